The number of rotatable bonds is 4. The molecule has 12 rings (SSSR count). The van der Waals surface area contributed by atoms with E-state index in [1.54, 1.807) is 0 Å². The van der Waals surface area contributed by atoms with Gasteiger partial charge in [0.25, 0.3) is 0 Å². The second-order valence-electron chi connectivity index (χ2n) is 19.3. The van der Waals surface area contributed by atoms with E-state index in [0.717, 1.165) is 68.5 Å². The monoisotopic (exact) mass is 689 g/mol. The van der Waals surface area contributed by atoms with Crippen LogP contribution in [-0.4, -0.2) is 46.7 Å². The molecule has 1 heterocycles. The number of Topliss-reactive ketones (excluding diaryl/α,β-unsaturated/α-hetero) is 1. The highest BCUT2D eigenvalue weighted by atomic mass is 19.4. The van der Waals surface area contributed by atoms with Crippen LogP contribution in [0.3, 0.4) is 0 Å². The number of hydrogen-bond donors (Lipinski definition) is 1. The third kappa shape index (κ3) is 3.95. The van der Waals surface area contributed by atoms with Crippen LogP contribution in [0.15, 0.2) is 48.1 Å². The number of ether oxygens (including phenoxy) is 1. The molecular formula is C42H50F3NO4. The second-order valence-corrected chi connectivity index (χ2v) is 19.3. The fraction of sp³-hybridized carbons (Fsp3) is 0.714. The fourth-order valence-corrected chi connectivity index (χ4v) is 15.4. The summed E-state index contributed by atoms with van der Waals surface area (Å²) in [7, 11) is 0. The Hall–Kier alpha value is -2.61. The number of halogens is 3. The summed E-state index contributed by atoms with van der Waals surface area (Å²) in [6.45, 7) is 5.99. The van der Waals surface area contributed by atoms with E-state index in [0.29, 0.717) is 25.0 Å². The maximum atomic E-state index is 14.8. The van der Waals surface area contributed by atoms with Crippen molar-refractivity contribution in [1.82, 2.24) is 4.90 Å². The van der Waals surface area contributed by atoms with Crippen LogP contribution in [0.1, 0.15) is 113 Å². The molecule has 1 N–H and O–H groups in total. The zero-order valence-electron chi connectivity index (χ0n) is 29.4. The number of allylic oxidation sites excluding steroid dienone is 4. The van der Waals surface area contributed by atoms with E-state index in [9.17, 15) is 27.9 Å². The number of aliphatic hydroxyl groups is 1. The Balaban J connectivity index is 1.04. The normalized spacial score (nSPS) is 49.5. The van der Waals surface area contributed by atoms with Crippen LogP contribution in [0.5, 0.6) is 0 Å². The largest absolute Gasteiger partial charge is 0.440 e. The van der Waals surface area contributed by atoms with E-state index in [2.05, 4.69) is 37.0 Å². The number of hydrogen-bond acceptors (Lipinski definition) is 4. The standard InChI is InChI=1S/C42H50F3NO4/c1-36-9-6-30(47)21-39(36)12-13-41(31(22-39)34(48)28-4-3-5-29(17-28)42(43,44)45)32(36)7-10-37(2)33(41)8-11-40(37)24-46(35(49)50-40)23-38-18-25-14-26(19-38)16-27(15-25)20-38/h3-5,12-13,17,22,25-27,30,32-33,47H,6-11,14-16,18-21,23-24H2,1-2H3/t25?,26?,27?,30-,32+,33+,36+,37-,38?,39-,40+,41+/m0/s1. The van der Waals surface area contributed by atoms with Crippen LogP contribution < -0.4 is 0 Å². The van der Waals surface area contributed by atoms with Crippen molar-refractivity contribution in [2.24, 2.45) is 56.7 Å². The number of carbonyl (C=O) groups excluding carboxylic acids is 2. The van der Waals surface area contributed by atoms with Gasteiger partial charge >= 0.3 is 12.3 Å². The average molecular weight is 690 g/mol. The lowest BCUT2D eigenvalue weighted by molar-refractivity contribution is -0.164. The Kier molecular flexibility index (Phi) is 6.33. The molecule has 5 nitrogen and oxygen atoms in total. The minimum atomic E-state index is -4.56. The Labute approximate surface area is 293 Å². The number of alkyl halides is 3. The molecule has 0 unspecified atom stereocenters. The molecule has 8 fully saturated rings. The zero-order valence-corrected chi connectivity index (χ0v) is 29.4. The summed E-state index contributed by atoms with van der Waals surface area (Å²) in [5.74, 6) is 2.14. The molecule has 1 aromatic carbocycles. The summed E-state index contributed by atoms with van der Waals surface area (Å²) in [4.78, 5) is 30.8. The number of aliphatic hydroxyl groups excluding tert-OH is 1. The number of ketones is 1. The van der Waals surface area contributed by atoms with E-state index < -0.39 is 39.7 Å². The highest BCUT2D eigenvalue weighted by Crippen LogP contribution is 2.79. The third-order valence-corrected chi connectivity index (χ3v) is 17.1. The molecule has 0 aromatic heterocycles. The summed E-state index contributed by atoms with van der Waals surface area (Å²) in [6.07, 6.45) is 14.4. The van der Waals surface area contributed by atoms with E-state index in [1.165, 1.54) is 50.7 Å². The zero-order chi connectivity index (χ0) is 34.7. The first-order valence-electron chi connectivity index (χ1n) is 19.5. The summed E-state index contributed by atoms with van der Waals surface area (Å²) >= 11 is 0. The van der Waals surface area contributed by atoms with Crippen LogP contribution in [-0.2, 0) is 10.9 Å². The molecule has 1 amide bonds. The molecule has 1 aromatic rings. The summed E-state index contributed by atoms with van der Waals surface area (Å²) in [5.41, 5.74) is -2.46. The van der Waals surface area contributed by atoms with E-state index in [1.807, 2.05) is 0 Å². The molecule has 8 atom stereocenters. The topological polar surface area (TPSA) is 66.8 Å². The van der Waals surface area contributed by atoms with Crippen LogP contribution in [0.2, 0.25) is 0 Å². The molecule has 7 saturated carbocycles. The number of carbonyl (C=O) groups is 2. The van der Waals surface area contributed by atoms with Gasteiger partial charge in [-0.15, -0.1) is 0 Å². The maximum Gasteiger partial charge on any atom is 0.416 e. The molecule has 8 heteroatoms. The predicted octanol–water partition coefficient (Wildman–Crippen LogP) is 9.16. The Bertz CT molecular complexity index is 1710. The maximum absolute atomic E-state index is 14.8. The van der Waals surface area contributed by atoms with Crippen LogP contribution in [0.4, 0.5) is 18.0 Å². The first kappa shape index (κ1) is 32.1. The van der Waals surface area contributed by atoms with Gasteiger partial charge in [-0.05, 0) is 136 Å². The summed E-state index contributed by atoms with van der Waals surface area (Å²) in [5, 5.41) is 11.0. The molecule has 11 aliphatic rings. The van der Waals surface area contributed by atoms with Gasteiger partial charge in [0, 0.05) is 33.9 Å². The van der Waals surface area contributed by atoms with Crippen LogP contribution in [0, 0.1) is 56.7 Å². The molecule has 6 bridgehead atoms. The van der Waals surface area contributed by atoms with Gasteiger partial charge in [0.15, 0.2) is 5.78 Å². The predicted molar refractivity (Wildman–Crippen MR) is 181 cm³/mol. The third-order valence-electron chi connectivity index (χ3n) is 17.1. The first-order valence-corrected chi connectivity index (χ1v) is 19.5. The van der Waals surface area contributed by atoms with Crippen molar-refractivity contribution in [2.45, 2.75) is 115 Å². The highest BCUT2D eigenvalue weighted by Gasteiger charge is 2.76. The van der Waals surface area contributed by atoms with Crippen molar-refractivity contribution >= 4 is 11.9 Å². The van der Waals surface area contributed by atoms with Gasteiger partial charge in [0.2, 0.25) is 0 Å². The van der Waals surface area contributed by atoms with Crippen LogP contribution in [0.25, 0.3) is 0 Å². The number of benzene rings is 1. The molecule has 50 heavy (non-hydrogen) atoms. The van der Waals surface area contributed by atoms with Crippen molar-refractivity contribution in [1.29, 1.82) is 0 Å². The van der Waals surface area contributed by atoms with Gasteiger partial charge in [-0.2, -0.15) is 13.2 Å². The number of amides is 1. The lowest BCUT2D eigenvalue weighted by Crippen LogP contribution is -2.67. The SMILES string of the molecule is C[C@]12CC[C@H]3[C@]4(C=C[C@@]5(C=C4C(=O)c4cccc(C(F)(F)F)c4)C[C@@H](O)CC[C@]35C)[C@@H]1CC[C@@]21CN(CC23CC4CC(CC(C4)C2)C3)C(=O)O1. The first-order chi connectivity index (χ1) is 23.6. The van der Waals surface area contributed by atoms with Gasteiger partial charge in [-0.1, -0.05) is 44.2 Å². The molecule has 3 spiro atoms. The second kappa shape index (κ2) is 9.87. The van der Waals surface area contributed by atoms with Crippen molar-refractivity contribution in [3.63, 3.8) is 0 Å². The van der Waals surface area contributed by atoms with Gasteiger partial charge in [-0.25, -0.2) is 4.79 Å². The summed E-state index contributed by atoms with van der Waals surface area (Å²) in [6, 6.07) is 4.88. The van der Waals surface area contributed by atoms with Crippen molar-refractivity contribution < 1.29 is 32.6 Å². The van der Waals surface area contributed by atoms with Crippen molar-refractivity contribution in [2.75, 3.05) is 13.1 Å². The Morgan fingerprint density at radius 2 is 1.58 bits per heavy atom. The highest BCUT2D eigenvalue weighted by molar-refractivity contribution is 6.10. The Morgan fingerprint density at radius 1 is 0.920 bits per heavy atom. The van der Waals surface area contributed by atoms with Gasteiger partial charge in [0.05, 0.1) is 18.2 Å². The van der Waals surface area contributed by atoms with Crippen LogP contribution >= 0.6 is 0 Å². The molecule has 1 saturated heterocycles. The lowest BCUT2D eigenvalue weighted by atomic mass is 9.32. The van der Waals surface area contributed by atoms with E-state index in [4.69, 9.17) is 4.74 Å². The van der Waals surface area contributed by atoms with Gasteiger partial charge < -0.3 is 14.7 Å². The quantitative estimate of drug-likeness (QED) is 0.253. The molecule has 10 aliphatic carbocycles. The van der Waals surface area contributed by atoms with E-state index in [-0.39, 0.29) is 40.1 Å². The van der Waals surface area contributed by atoms with Gasteiger partial charge in [-0.3, -0.25) is 4.79 Å². The van der Waals surface area contributed by atoms with Crippen molar-refractivity contribution in [3.8, 4) is 0 Å². The lowest BCUT2D eigenvalue weighted by Gasteiger charge is -2.71. The van der Waals surface area contributed by atoms with Crippen molar-refractivity contribution in [3.05, 3.63) is 59.2 Å². The minimum absolute atomic E-state index is 0.0136. The number of nitrogens with zero attached hydrogens (tertiary/aromatic N) is 1. The minimum Gasteiger partial charge on any atom is -0.440 e. The number of fused-ring (bicyclic) bond motifs is 2. The van der Waals surface area contributed by atoms with E-state index >= 15 is 0 Å². The molecule has 0 radical (unpaired) electrons. The van der Waals surface area contributed by atoms with Gasteiger partial charge in [0.1, 0.15) is 5.60 Å². The molecule has 1 aliphatic heterocycles. The molecular weight excluding hydrogens is 639 g/mol. The average Bonchev–Trinajstić information content (AvgIpc) is 3.53. The fourth-order valence-electron chi connectivity index (χ4n) is 15.4. The smallest absolute Gasteiger partial charge is 0.416 e. The molecule has 268 valence electrons. The Morgan fingerprint density at radius 3 is 2.28 bits per heavy atom. The summed E-state index contributed by atoms with van der Waals surface area (Å²) < 4.78 is 48.3.